The fourth-order valence-electron chi connectivity index (χ4n) is 1.20. The molecule has 0 aromatic rings. The van der Waals surface area contributed by atoms with E-state index in [9.17, 15) is 9.59 Å². The number of rotatable bonds is 5. The van der Waals surface area contributed by atoms with Crippen molar-refractivity contribution in [2.75, 3.05) is 0 Å². The fourth-order valence-corrected chi connectivity index (χ4v) is 1.20. The Kier molecular flexibility index (Phi) is 5.44. The molecule has 4 N–H and O–H groups in total. The largest absolute Gasteiger partial charge is 0.480 e. The van der Waals surface area contributed by atoms with Gasteiger partial charge in [-0.2, -0.15) is 0 Å². The van der Waals surface area contributed by atoms with E-state index in [4.69, 9.17) is 10.8 Å². The fraction of sp³-hybridized carbons (Fsp3) is 0.818. The highest BCUT2D eigenvalue weighted by Gasteiger charge is 2.30. The van der Waals surface area contributed by atoms with E-state index >= 15 is 0 Å². The lowest BCUT2D eigenvalue weighted by Gasteiger charge is -2.27. The van der Waals surface area contributed by atoms with Gasteiger partial charge >= 0.3 is 5.97 Å². The predicted octanol–water partition coefficient (Wildman–Crippen LogP) is 0.729. The van der Waals surface area contributed by atoms with Crippen LogP contribution in [-0.4, -0.2) is 29.1 Å². The number of hydrogen-bond donors (Lipinski definition) is 3. The van der Waals surface area contributed by atoms with E-state index in [2.05, 4.69) is 5.32 Å². The molecule has 16 heavy (non-hydrogen) atoms. The van der Waals surface area contributed by atoms with Gasteiger partial charge in [0.2, 0.25) is 5.91 Å². The van der Waals surface area contributed by atoms with E-state index in [1.54, 1.807) is 0 Å². The molecule has 0 rings (SSSR count). The molecule has 0 aliphatic heterocycles. The van der Waals surface area contributed by atoms with Gasteiger partial charge in [-0.1, -0.05) is 34.1 Å². The molecule has 0 radical (unpaired) electrons. The summed E-state index contributed by atoms with van der Waals surface area (Å²) in [6.07, 6.45) is 1.11. The van der Waals surface area contributed by atoms with E-state index in [-0.39, 0.29) is 5.41 Å². The zero-order valence-corrected chi connectivity index (χ0v) is 10.4. The minimum Gasteiger partial charge on any atom is -0.480 e. The van der Waals surface area contributed by atoms with Crippen LogP contribution in [0.4, 0.5) is 0 Å². The zero-order valence-electron chi connectivity index (χ0n) is 10.4. The quantitative estimate of drug-likeness (QED) is 0.649. The van der Waals surface area contributed by atoms with E-state index in [1.165, 1.54) is 0 Å². The molecule has 1 amide bonds. The number of hydrogen-bond acceptors (Lipinski definition) is 3. The van der Waals surface area contributed by atoms with E-state index in [0.29, 0.717) is 12.8 Å². The highest BCUT2D eigenvalue weighted by Crippen LogP contribution is 2.17. The molecule has 0 saturated carbocycles. The number of carbonyl (C=O) groups excluding carboxylic acids is 1. The Labute approximate surface area is 96.4 Å². The van der Waals surface area contributed by atoms with Crippen molar-refractivity contribution in [3.05, 3.63) is 0 Å². The van der Waals surface area contributed by atoms with Gasteiger partial charge in [-0.05, 0) is 11.8 Å². The molecule has 0 saturated heterocycles. The van der Waals surface area contributed by atoms with E-state index in [1.807, 2.05) is 27.7 Å². The average Bonchev–Trinajstić information content (AvgIpc) is 2.14. The van der Waals surface area contributed by atoms with Crippen LogP contribution < -0.4 is 11.1 Å². The molecule has 0 spiro atoms. The molecule has 0 aromatic heterocycles. The summed E-state index contributed by atoms with van der Waals surface area (Å²) >= 11 is 0. The Balaban J connectivity index is 4.46. The molecule has 0 fully saturated rings. The second kappa shape index (κ2) is 5.84. The van der Waals surface area contributed by atoms with Crippen LogP contribution in [0, 0.1) is 5.41 Å². The van der Waals surface area contributed by atoms with Gasteiger partial charge in [0.25, 0.3) is 0 Å². The third-order valence-electron chi connectivity index (χ3n) is 2.41. The van der Waals surface area contributed by atoms with Gasteiger partial charge < -0.3 is 16.2 Å². The average molecular weight is 230 g/mol. The summed E-state index contributed by atoms with van der Waals surface area (Å²) in [5.41, 5.74) is 5.36. The molecule has 0 aromatic carbocycles. The van der Waals surface area contributed by atoms with Crippen LogP contribution in [0.2, 0.25) is 0 Å². The van der Waals surface area contributed by atoms with Gasteiger partial charge in [0, 0.05) is 0 Å². The number of aliphatic carboxylic acids is 1. The number of nitrogens with two attached hydrogens (primary N) is 1. The molecule has 1 unspecified atom stereocenters. The third-order valence-corrected chi connectivity index (χ3v) is 2.41. The standard InChI is InChI=1S/C11H22N2O3/c1-5-6-7(10(15)16)13-9(14)8(12)11(2,3)4/h7-8H,5-6,12H2,1-4H3,(H,13,14)(H,15,16)/t7-,8?/m0/s1. The first-order chi connectivity index (χ1) is 7.20. The highest BCUT2D eigenvalue weighted by atomic mass is 16.4. The summed E-state index contributed by atoms with van der Waals surface area (Å²) in [5.74, 6) is -1.43. The normalized spacial score (nSPS) is 15.3. The van der Waals surface area contributed by atoms with Gasteiger partial charge in [0.05, 0.1) is 6.04 Å². The molecular formula is C11H22N2O3. The Morgan fingerprint density at radius 2 is 1.88 bits per heavy atom. The monoisotopic (exact) mass is 230 g/mol. The molecule has 0 bridgehead atoms. The smallest absolute Gasteiger partial charge is 0.326 e. The van der Waals surface area contributed by atoms with Crippen molar-refractivity contribution in [2.45, 2.75) is 52.6 Å². The van der Waals surface area contributed by atoms with Crippen LogP contribution in [-0.2, 0) is 9.59 Å². The first kappa shape index (κ1) is 14.9. The first-order valence-corrected chi connectivity index (χ1v) is 5.49. The zero-order chi connectivity index (χ0) is 12.9. The third kappa shape index (κ3) is 4.61. The second-order valence-electron chi connectivity index (χ2n) is 5.03. The maximum absolute atomic E-state index is 11.7. The maximum atomic E-state index is 11.7. The SMILES string of the molecule is CCC[C@H](NC(=O)C(N)C(C)(C)C)C(=O)O. The summed E-state index contributed by atoms with van der Waals surface area (Å²) < 4.78 is 0. The molecule has 94 valence electrons. The van der Waals surface area contributed by atoms with Crippen molar-refractivity contribution in [1.82, 2.24) is 5.32 Å². The van der Waals surface area contributed by atoms with Gasteiger partial charge in [-0.15, -0.1) is 0 Å². The summed E-state index contributed by atoms with van der Waals surface area (Å²) in [4.78, 5) is 22.5. The van der Waals surface area contributed by atoms with Crippen LogP contribution in [0.25, 0.3) is 0 Å². The van der Waals surface area contributed by atoms with Gasteiger partial charge in [0.15, 0.2) is 0 Å². The van der Waals surface area contributed by atoms with E-state index in [0.717, 1.165) is 0 Å². The lowest BCUT2D eigenvalue weighted by molar-refractivity contribution is -0.142. The molecule has 0 heterocycles. The molecular weight excluding hydrogens is 208 g/mol. The summed E-state index contributed by atoms with van der Waals surface area (Å²) in [6, 6.07) is -1.54. The van der Waals surface area contributed by atoms with Crippen molar-refractivity contribution in [3.8, 4) is 0 Å². The Hall–Kier alpha value is -1.10. The second-order valence-corrected chi connectivity index (χ2v) is 5.03. The number of nitrogens with one attached hydrogen (secondary N) is 1. The summed E-state index contributed by atoms with van der Waals surface area (Å²) in [7, 11) is 0. The number of carbonyl (C=O) groups is 2. The molecule has 5 nitrogen and oxygen atoms in total. The number of carboxylic acids is 1. The Bertz CT molecular complexity index is 258. The number of amides is 1. The lowest BCUT2D eigenvalue weighted by Crippen LogP contribution is -2.53. The van der Waals surface area contributed by atoms with Crippen molar-refractivity contribution in [2.24, 2.45) is 11.1 Å². The van der Waals surface area contributed by atoms with Crippen molar-refractivity contribution in [1.29, 1.82) is 0 Å². The van der Waals surface area contributed by atoms with Crippen LogP contribution in [0.5, 0.6) is 0 Å². The van der Waals surface area contributed by atoms with Crippen molar-refractivity contribution < 1.29 is 14.7 Å². The summed E-state index contributed by atoms with van der Waals surface area (Å²) in [5, 5.41) is 11.3. The highest BCUT2D eigenvalue weighted by molar-refractivity contribution is 5.87. The van der Waals surface area contributed by atoms with Gasteiger partial charge in [-0.25, -0.2) is 4.79 Å². The Morgan fingerprint density at radius 1 is 1.38 bits per heavy atom. The van der Waals surface area contributed by atoms with Crippen LogP contribution >= 0.6 is 0 Å². The molecule has 5 heteroatoms. The first-order valence-electron chi connectivity index (χ1n) is 5.49. The van der Waals surface area contributed by atoms with Gasteiger partial charge in [-0.3, -0.25) is 4.79 Å². The minimum atomic E-state index is -1.02. The lowest BCUT2D eigenvalue weighted by atomic mass is 9.87. The van der Waals surface area contributed by atoms with Crippen LogP contribution in [0.15, 0.2) is 0 Å². The predicted molar refractivity (Wildman–Crippen MR) is 61.9 cm³/mol. The molecule has 0 aliphatic rings. The molecule has 0 aliphatic carbocycles. The molecule has 2 atom stereocenters. The van der Waals surface area contributed by atoms with Gasteiger partial charge in [0.1, 0.15) is 6.04 Å². The van der Waals surface area contributed by atoms with Crippen molar-refractivity contribution >= 4 is 11.9 Å². The summed E-state index contributed by atoms with van der Waals surface area (Å²) in [6.45, 7) is 7.39. The van der Waals surface area contributed by atoms with Crippen LogP contribution in [0.3, 0.4) is 0 Å². The number of carboxylic acid groups (broad SMARTS) is 1. The minimum absolute atomic E-state index is 0.376. The topological polar surface area (TPSA) is 92.4 Å². The van der Waals surface area contributed by atoms with E-state index < -0.39 is 24.0 Å². The van der Waals surface area contributed by atoms with Crippen molar-refractivity contribution in [3.63, 3.8) is 0 Å². The van der Waals surface area contributed by atoms with Crippen LogP contribution in [0.1, 0.15) is 40.5 Å². The maximum Gasteiger partial charge on any atom is 0.326 e. The Morgan fingerprint density at radius 3 is 2.19 bits per heavy atom.